The van der Waals surface area contributed by atoms with Gasteiger partial charge in [0, 0.05) is 31.3 Å². The zero-order valence-electron chi connectivity index (χ0n) is 10.1. The number of methoxy groups -OCH3 is 1. The first kappa shape index (κ1) is 10.6. The summed E-state index contributed by atoms with van der Waals surface area (Å²) in [5.74, 6) is 0. The summed E-state index contributed by atoms with van der Waals surface area (Å²) in [6.45, 7) is 2.09. The van der Waals surface area contributed by atoms with Crippen molar-refractivity contribution >= 4 is 16.5 Å². The molecule has 1 heterocycles. The summed E-state index contributed by atoms with van der Waals surface area (Å²) in [6.07, 6.45) is 1.51. The SMILES string of the molecule is COC1CCN(c2cccc3ccccc23)C1. The average Bonchev–Trinajstić information content (AvgIpc) is 2.87. The lowest BCUT2D eigenvalue weighted by Crippen LogP contribution is -2.22. The lowest BCUT2D eigenvalue weighted by molar-refractivity contribution is 0.121. The topological polar surface area (TPSA) is 12.5 Å². The Morgan fingerprint density at radius 3 is 2.76 bits per heavy atom. The minimum absolute atomic E-state index is 0.383. The average molecular weight is 227 g/mol. The second kappa shape index (κ2) is 4.38. The van der Waals surface area contributed by atoms with Gasteiger partial charge in [-0.3, -0.25) is 0 Å². The van der Waals surface area contributed by atoms with E-state index in [2.05, 4.69) is 47.4 Å². The molecule has 0 saturated carbocycles. The van der Waals surface area contributed by atoms with Crippen molar-refractivity contribution in [2.45, 2.75) is 12.5 Å². The molecule has 0 aromatic heterocycles. The van der Waals surface area contributed by atoms with Gasteiger partial charge in [0.05, 0.1) is 6.10 Å². The van der Waals surface area contributed by atoms with Crippen molar-refractivity contribution in [2.24, 2.45) is 0 Å². The largest absolute Gasteiger partial charge is 0.380 e. The molecule has 0 N–H and O–H groups in total. The second-order valence-corrected chi connectivity index (χ2v) is 4.59. The van der Waals surface area contributed by atoms with Crippen molar-refractivity contribution in [1.29, 1.82) is 0 Å². The summed E-state index contributed by atoms with van der Waals surface area (Å²) < 4.78 is 5.43. The van der Waals surface area contributed by atoms with E-state index in [1.807, 2.05) is 0 Å². The summed E-state index contributed by atoms with van der Waals surface area (Å²) in [6, 6.07) is 15.1. The first-order chi connectivity index (χ1) is 8.38. The third kappa shape index (κ3) is 1.89. The van der Waals surface area contributed by atoms with E-state index in [0.29, 0.717) is 6.10 Å². The van der Waals surface area contributed by atoms with Crippen LogP contribution in [0.3, 0.4) is 0 Å². The Bertz CT molecular complexity index is 518. The lowest BCUT2D eigenvalue weighted by Gasteiger charge is -2.20. The molecule has 0 amide bonds. The number of anilines is 1. The van der Waals surface area contributed by atoms with Gasteiger partial charge in [-0.05, 0) is 17.9 Å². The van der Waals surface area contributed by atoms with E-state index in [-0.39, 0.29) is 0 Å². The van der Waals surface area contributed by atoms with E-state index in [1.165, 1.54) is 16.5 Å². The molecule has 2 nitrogen and oxygen atoms in total. The molecule has 1 aliphatic heterocycles. The summed E-state index contributed by atoms with van der Waals surface area (Å²) >= 11 is 0. The van der Waals surface area contributed by atoms with E-state index < -0.39 is 0 Å². The van der Waals surface area contributed by atoms with Crippen LogP contribution in [0.2, 0.25) is 0 Å². The Morgan fingerprint density at radius 1 is 1.12 bits per heavy atom. The van der Waals surface area contributed by atoms with Crippen molar-refractivity contribution in [3.8, 4) is 0 Å². The summed E-state index contributed by atoms with van der Waals surface area (Å²) in [5.41, 5.74) is 1.34. The minimum atomic E-state index is 0.383. The van der Waals surface area contributed by atoms with Gasteiger partial charge in [0.1, 0.15) is 0 Å². The maximum absolute atomic E-state index is 5.43. The van der Waals surface area contributed by atoms with Gasteiger partial charge in [-0.1, -0.05) is 36.4 Å². The van der Waals surface area contributed by atoms with Crippen molar-refractivity contribution < 1.29 is 4.74 Å². The minimum Gasteiger partial charge on any atom is -0.380 e. The fourth-order valence-corrected chi connectivity index (χ4v) is 2.62. The highest BCUT2D eigenvalue weighted by molar-refractivity contribution is 5.94. The molecule has 0 radical (unpaired) electrons. The first-order valence-electron chi connectivity index (χ1n) is 6.14. The predicted molar refractivity (Wildman–Crippen MR) is 71.6 cm³/mol. The van der Waals surface area contributed by atoms with Crippen LogP contribution in [-0.2, 0) is 4.74 Å². The van der Waals surface area contributed by atoms with Crippen LogP contribution in [0.4, 0.5) is 5.69 Å². The normalized spacial score (nSPS) is 20.1. The second-order valence-electron chi connectivity index (χ2n) is 4.59. The van der Waals surface area contributed by atoms with E-state index in [4.69, 9.17) is 4.74 Å². The fraction of sp³-hybridized carbons (Fsp3) is 0.333. The molecule has 0 aliphatic carbocycles. The van der Waals surface area contributed by atoms with Crippen LogP contribution in [0.1, 0.15) is 6.42 Å². The Morgan fingerprint density at radius 2 is 1.94 bits per heavy atom. The van der Waals surface area contributed by atoms with Gasteiger partial charge in [-0.15, -0.1) is 0 Å². The summed E-state index contributed by atoms with van der Waals surface area (Å²) in [5, 5.41) is 2.65. The van der Waals surface area contributed by atoms with Crippen molar-refractivity contribution in [2.75, 3.05) is 25.1 Å². The number of fused-ring (bicyclic) bond motifs is 1. The van der Waals surface area contributed by atoms with E-state index in [9.17, 15) is 0 Å². The van der Waals surface area contributed by atoms with E-state index in [0.717, 1.165) is 19.5 Å². The molecule has 1 fully saturated rings. The van der Waals surface area contributed by atoms with Crippen molar-refractivity contribution in [3.05, 3.63) is 42.5 Å². The Hall–Kier alpha value is -1.54. The molecule has 1 unspecified atom stereocenters. The van der Waals surface area contributed by atoms with Gasteiger partial charge in [0.2, 0.25) is 0 Å². The van der Waals surface area contributed by atoms with Crippen LogP contribution in [0.15, 0.2) is 42.5 Å². The Kier molecular flexibility index (Phi) is 2.73. The zero-order chi connectivity index (χ0) is 11.7. The third-order valence-corrected chi connectivity index (χ3v) is 3.59. The Labute approximate surface area is 102 Å². The summed E-state index contributed by atoms with van der Waals surface area (Å²) in [7, 11) is 1.80. The third-order valence-electron chi connectivity index (χ3n) is 3.59. The molecule has 1 atom stereocenters. The van der Waals surface area contributed by atoms with Gasteiger partial charge < -0.3 is 9.64 Å². The van der Waals surface area contributed by atoms with Crippen LogP contribution in [0.25, 0.3) is 10.8 Å². The quantitative estimate of drug-likeness (QED) is 0.781. The molecule has 17 heavy (non-hydrogen) atoms. The maximum atomic E-state index is 5.43. The molecule has 1 aliphatic rings. The molecule has 3 rings (SSSR count). The number of rotatable bonds is 2. The number of hydrogen-bond acceptors (Lipinski definition) is 2. The number of hydrogen-bond donors (Lipinski definition) is 0. The molecule has 88 valence electrons. The highest BCUT2D eigenvalue weighted by Gasteiger charge is 2.23. The zero-order valence-corrected chi connectivity index (χ0v) is 10.1. The molecular weight excluding hydrogens is 210 g/mol. The van der Waals surface area contributed by atoms with Gasteiger partial charge >= 0.3 is 0 Å². The Balaban J connectivity index is 2.00. The van der Waals surface area contributed by atoms with E-state index in [1.54, 1.807) is 7.11 Å². The lowest BCUT2D eigenvalue weighted by atomic mass is 10.1. The number of benzene rings is 2. The predicted octanol–water partition coefficient (Wildman–Crippen LogP) is 3.06. The highest BCUT2D eigenvalue weighted by atomic mass is 16.5. The van der Waals surface area contributed by atoms with Crippen LogP contribution in [0, 0.1) is 0 Å². The van der Waals surface area contributed by atoms with Crippen LogP contribution in [-0.4, -0.2) is 26.3 Å². The molecule has 1 saturated heterocycles. The van der Waals surface area contributed by atoms with Crippen LogP contribution in [0.5, 0.6) is 0 Å². The maximum Gasteiger partial charge on any atom is 0.0762 e. The van der Waals surface area contributed by atoms with Crippen molar-refractivity contribution in [1.82, 2.24) is 0 Å². The monoisotopic (exact) mass is 227 g/mol. The molecule has 2 aromatic carbocycles. The molecule has 0 bridgehead atoms. The van der Waals surface area contributed by atoms with Gasteiger partial charge in [0.15, 0.2) is 0 Å². The summed E-state index contributed by atoms with van der Waals surface area (Å²) in [4.78, 5) is 2.43. The standard InChI is InChI=1S/C15H17NO/c1-17-13-9-10-16(11-13)15-8-4-6-12-5-2-3-7-14(12)15/h2-8,13H,9-11H2,1H3. The number of nitrogens with zero attached hydrogens (tertiary/aromatic N) is 1. The molecule has 2 heteroatoms. The highest BCUT2D eigenvalue weighted by Crippen LogP contribution is 2.29. The van der Waals surface area contributed by atoms with Crippen LogP contribution >= 0.6 is 0 Å². The first-order valence-corrected chi connectivity index (χ1v) is 6.14. The van der Waals surface area contributed by atoms with Gasteiger partial charge in [-0.25, -0.2) is 0 Å². The van der Waals surface area contributed by atoms with Gasteiger partial charge in [0.25, 0.3) is 0 Å². The molecular formula is C15H17NO. The van der Waals surface area contributed by atoms with Crippen LogP contribution < -0.4 is 4.90 Å². The van der Waals surface area contributed by atoms with E-state index >= 15 is 0 Å². The molecule has 2 aromatic rings. The fourth-order valence-electron chi connectivity index (χ4n) is 2.62. The molecule has 0 spiro atoms. The smallest absolute Gasteiger partial charge is 0.0762 e. The van der Waals surface area contributed by atoms with Gasteiger partial charge in [-0.2, -0.15) is 0 Å². The van der Waals surface area contributed by atoms with Crippen molar-refractivity contribution in [3.63, 3.8) is 0 Å². The number of ether oxygens (including phenoxy) is 1.